The van der Waals surface area contributed by atoms with Crippen LogP contribution < -0.4 is 0 Å². The summed E-state index contributed by atoms with van der Waals surface area (Å²) in [4.78, 5) is 26.3. The van der Waals surface area contributed by atoms with E-state index >= 15 is 0 Å². The van der Waals surface area contributed by atoms with E-state index < -0.39 is 22.9 Å². The number of rotatable bonds is 2. The van der Waals surface area contributed by atoms with E-state index in [9.17, 15) is 9.59 Å². The van der Waals surface area contributed by atoms with E-state index in [4.69, 9.17) is 14.2 Å². The number of ether oxygens (including phenoxy) is 3. The van der Waals surface area contributed by atoms with Gasteiger partial charge in [-0.15, -0.1) is 0 Å². The maximum absolute atomic E-state index is 12.5. The largest absolute Gasteiger partial charge is 0.458 e. The lowest BCUT2D eigenvalue weighted by molar-refractivity contribution is -0.182. The Balaban J connectivity index is 2.03. The van der Waals surface area contributed by atoms with Gasteiger partial charge in [0.2, 0.25) is 0 Å². The Morgan fingerprint density at radius 1 is 1.08 bits per heavy atom. The second-order valence-corrected chi connectivity index (χ2v) is 9.25. The second kappa shape index (κ2) is 6.31. The summed E-state index contributed by atoms with van der Waals surface area (Å²) in [6.07, 6.45) is -0.363. The highest BCUT2D eigenvalue weighted by atomic mass is 16.6. The number of hydrogen-bond donors (Lipinski definition) is 0. The Labute approximate surface area is 150 Å². The van der Waals surface area contributed by atoms with Crippen LogP contribution in [0.15, 0.2) is 12.2 Å². The molecule has 0 radical (unpaired) electrons. The summed E-state index contributed by atoms with van der Waals surface area (Å²) < 4.78 is 17.0. The Bertz CT molecular complexity index is 563. The van der Waals surface area contributed by atoms with Gasteiger partial charge in [-0.3, -0.25) is 0 Å². The molecule has 2 saturated heterocycles. The number of nitrogens with zero attached hydrogens (tertiary/aromatic N) is 1. The van der Waals surface area contributed by atoms with Crippen molar-refractivity contribution >= 4 is 12.1 Å². The molecule has 1 unspecified atom stereocenters. The van der Waals surface area contributed by atoms with Crippen LogP contribution in [0.4, 0.5) is 4.79 Å². The third-order valence-electron chi connectivity index (χ3n) is 4.22. The molecule has 2 aliphatic heterocycles. The lowest BCUT2D eigenvalue weighted by Gasteiger charge is -2.47. The normalized spacial score (nSPS) is 25.5. The standard InChI is InChI=1S/C19H31NO5/c1-12(2)13-9-19(23-14(13)15(21)24-17(3,4)5)10-20(11-19)16(22)25-18(6,7)8/h13-14H,1,9-11H2,2-8H3/t13-,14?/m1/s1. The molecule has 0 aromatic heterocycles. The molecule has 1 spiro atoms. The monoisotopic (exact) mass is 353 g/mol. The lowest BCUT2D eigenvalue weighted by atomic mass is 9.83. The van der Waals surface area contributed by atoms with Crippen LogP contribution in [-0.4, -0.2) is 53.0 Å². The van der Waals surface area contributed by atoms with E-state index in [1.165, 1.54) is 0 Å². The van der Waals surface area contributed by atoms with Gasteiger partial charge in [0.25, 0.3) is 0 Å². The van der Waals surface area contributed by atoms with Gasteiger partial charge in [-0.05, 0) is 54.9 Å². The van der Waals surface area contributed by atoms with E-state index in [2.05, 4.69) is 6.58 Å². The van der Waals surface area contributed by atoms with Gasteiger partial charge in [0.05, 0.1) is 13.1 Å². The molecule has 2 rings (SSSR count). The third-order valence-corrected chi connectivity index (χ3v) is 4.22. The number of carbonyl (C=O) groups is 2. The zero-order chi connectivity index (χ0) is 19.2. The highest BCUT2D eigenvalue weighted by Crippen LogP contribution is 2.44. The average molecular weight is 353 g/mol. The minimum Gasteiger partial charge on any atom is -0.458 e. The predicted octanol–water partition coefficient (Wildman–Crippen LogP) is 3.30. The molecule has 6 nitrogen and oxygen atoms in total. The van der Waals surface area contributed by atoms with Crippen molar-refractivity contribution in [2.75, 3.05) is 13.1 Å². The van der Waals surface area contributed by atoms with Crippen molar-refractivity contribution in [3.05, 3.63) is 12.2 Å². The van der Waals surface area contributed by atoms with E-state index in [0.29, 0.717) is 19.5 Å². The molecule has 6 heteroatoms. The molecule has 0 aliphatic carbocycles. The number of amides is 1. The van der Waals surface area contributed by atoms with Crippen molar-refractivity contribution in [1.29, 1.82) is 0 Å². The van der Waals surface area contributed by atoms with Crippen LogP contribution in [0.5, 0.6) is 0 Å². The maximum Gasteiger partial charge on any atom is 0.410 e. The molecule has 0 aromatic rings. The van der Waals surface area contributed by atoms with Crippen LogP contribution in [0.3, 0.4) is 0 Å². The fraction of sp³-hybridized carbons (Fsp3) is 0.789. The van der Waals surface area contributed by atoms with Gasteiger partial charge >= 0.3 is 12.1 Å². The topological polar surface area (TPSA) is 65.1 Å². The minimum atomic E-state index is -0.669. The molecule has 0 N–H and O–H groups in total. The molecule has 25 heavy (non-hydrogen) atoms. The van der Waals surface area contributed by atoms with Crippen molar-refractivity contribution in [2.45, 2.75) is 77.8 Å². The summed E-state index contributed by atoms with van der Waals surface area (Å²) in [7, 11) is 0. The van der Waals surface area contributed by atoms with Crippen molar-refractivity contribution in [3.63, 3.8) is 0 Å². The van der Waals surface area contributed by atoms with Crippen molar-refractivity contribution in [2.24, 2.45) is 5.92 Å². The summed E-state index contributed by atoms with van der Waals surface area (Å²) >= 11 is 0. The first-order valence-electron chi connectivity index (χ1n) is 8.75. The summed E-state index contributed by atoms with van der Waals surface area (Å²) in [5.74, 6) is -0.469. The van der Waals surface area contributed by atoms with Crippen LogP contribution in [0.2, 0.25) is 0 Å². The van der Waals surface area contributed by atoms with Crippen LogP contribution in [0.1, 0.15) is 54.9 Å². The van der Waals surface area contributed by atoms with E-state index in [1.54, 1.807) is 4.90 Å². The SMILES string of the molecule is C=C(C)[C@H]1CC2(CN(C(=O)OC(C)(C)C)C2)OC1C(=O)OC(C)(C)C. The van der Waals surface area contributed by atoms with E-state index in [0.717, 1.165) is 5.57 Å². The van der Waals surface area contributed by atoms with Gasteiger partial charge in [-0.25, -0.2) is 9.59 Å². The molecule has 0 aromatic carbocycles. The first-order chi connectivity index (χ1) is 11.2. The van der Waals surface area contributed by atoms with Gasteiger partial charge in [-0.2, -0.15) is 0 Å². The first kappa shape index (κ1) is 19.8. The highest BCUT2D eigenvalue weighted by Gasteiger charge is 2.58. The average Bonchev–Trinajstić information content (AvgIpc) is 2.73. The molecule has 142 valence electrons. The Morgan fingerprint density at radius 3 is 2.04 bits per heavy atom. The zero-order valence-corrected chi connectivity index (χ0v) is 16.5. The van der Waals surface area contributed by atoms with Gasteiger partial charge in [0.15, 0.2) is 6.10 Å². The maximum atomic E-state index is 12.5. The quantitative estimate of drug-likeness (QED) is 0.563. The zero-order valence-electron chi connectivity index (χ0n) is 16.5. The molecule has 2 fully saturated rings. The number of hydrogen-bond acceptors (Lipinski definition) is 5. The van der Waals surface area contributed by atoms with Crippen LogP contribution in [0, 0.1) is 5.92 Å². The highest BCUT2D eigenvalue weighted by molar-refractivity contribution is 5.77. The van der Waals surface area contributed by atoms with Crippen LogP contribution >= 0.6 is 0 Å². The summed E-state index contributed by atoms with van der Waals surface area (Å²) in [6, 6.07) is 0. The fourth-order valence-electron chi connectivity index (χ4n) is 3.22. The smallest absolute Gasteiger partial charge is 0.410 e. The molecule has 2 heterocycles. The molecule has 0 bridgehead atoms. The number of likely N-dealkylation sites (tertiary alicyclic amines) is 1. The Morgan fingerprint density at radius 2 is 1.60 bits per heavy atom. The Hall–Kier alpha value is -1.56. The van der Waals surface area contributed by atoms with Crippen molar-refractivity contribution < 1.29 is 23.8 Å². The van der Waals surface area contributed by atoms with Gasteiger partial charge in [0.1, 0.15) is 16.8 Å². The van der Waals surface area contributed by atoms with Gasteiger partial charge in [-0.1, -0.05) is 12.2 Å². The molecular formula is C19H31NO5. The Kier molecular flexibility index (Phi) is 4.99. The van der Waals surface area contributed by atoms with Crippen molar-refractivity contribution in [1.82, 2.24) is 4.90 Å². The molecule has 2 atom stereocenters. The molecule has 2 aliphatic rings. The van der Waals surface area contributed by atoms with Crippen LogP contribution in [-0.2, 0) is 19.0 Å². The fourth-order valence-corrected chi connectivity index (χ4v) is 3.22. The van der Waals surface area contributed by atoms with E-state index in [1.807, 2.05) is 48.5 Å². The van der Waals surface area contributed by atoms with Crippen molar-refractivity contribution in [3.8, 4) is 0 Å². The minimum absolute atomic E-state index is 0.101. The summed E-state index contributed by atoms with van der Waals surface area (Å²) in [5, 5.41) is 0. The molecule has 0 saturated carbocycles. The van der Waals surface area contributed by atoms with Gasteiger partial charge in [0, 0.05) is 5.92 Å². The van der Waals surface area contributed by atoms with Gasteiger partial charge < -0.3 is 19.1 Å². The third kappa shape index (κ3) is 4.75. The van der Waals surface area contributed by atoms with E-state index in [-0.39, 0.29) is 18.0 Å². The molecular weight excluding hydrogens is 322 g/mol. The first-order valence-corrected chi connectivity index (χ1v) is 8.75. The lowest BCUT2D eigenvalue weighted by Crippen LogP contribution is -2.64. The van der Waals surface area contributed by atoms with Crippen LogP contribution in [0.25, 0.3) is 0 Å². The summed E-state index contributed by atoms with van der Waals surface area (Å²) in [6.45, 7) is 17.7. The number of carbonyl (C=O) groups excluding carboxylic acids is 2. The second-order valence-electron chi connectivity index (χ2n) is 9.25. The predicted molar refractivity (Wildman–Crippen MR) is 94.2 cm³/mol. The molecule has 1 amide bonds. The number of esters is 1. The summed E-state index contributed by atoms with van der Waals surface area (Å²) in [5.41, 5.74) is -0.723.